The first-order valence-electron chi connectivity index (χ1n) is 7.29. The number of anilines is 1. The van der Waals surface area contributed by atoms with Crippen LogP contribution in [0.15, 0.2) is 18.2 Å². The van der Waals surface area contributed by atoms with Gasteiger partial charge in [-0.2, -0.15) is 5.10 Å². The molecule has 0 bridgehead atoms. The van der Waals surface area contributed by atoms with E-state index in [-0.39, 0.29) is 11.4 Å². The third-order valence-electron chi connectivity index (χ3n) is 3.53. The van der Waals surface area contributed by atoms with Gasteiger partial charge in [0.1, 0.15) is 5.75 Å². The number of hydrogen-bond donors (Lipinski definition) is 1. The molecule has 9 heteroatoms. The van der Waals surface area contributed by atoms with Gasteiger partial charge in [-0.05, 0) is 32.0 Å². The molecule has 2 aromatic rings. The molecule has 0 radical (unpaired) electrons. The van der Waals surface area contributed by atoms with Gasteiger partial charge in [0.15, 0.2) is 11.8 Å². The van der Waals surface area contributed by atoms with Gasteiger partial charge in [0, 0.05) is 12.1 Å². The van der Waals surface area contributed by atoms with Crippen molar-refractivity contribution in [3.8, 4) is 5.75 Å². The summed E-state index contributed by atoms with van der Waals surface area (Å²) in [7, 11) is 2.90. The predicted molar refractivity (Wildman–Crippen MR) is 94.5 cm³/mol. The Balaban J connectivity index is 2.18. The average molecular weight is 386 g/mol. The number of nitrogens with one attached hydrogen (secondary N) is 1. The van der Waals surface area contributed by atoms with E-state index in [1.807, 2.05) is 0 Å². The van der Waals surface area contributed by atoms with E-state index in [1.54, 1.807) is 33.0 Å². The zero-order chi connectivity index (χ0) is 18.7. The number of methoxy groups -OCH3 is 1. The minimum Gasteiger partial charge on any atom is -0.479 e. The second-order valence-electron chi connectivity index (χ2n) is 5.25. The Bertz CT molecular complexity index is 820. The summed E-state index contributed by atoms with van der Waals surface area (Å²) >= 11 is 11.9. The minimum absolute atomic E-state index is 0.0209. The highest BCUT2D eigenvalue weighted by atomic mass is 35.5. The fraction of sp³-hybridized carbons (Fsp3) is 0.312. The fourth-order valence-electron chi connectivity index (χ4n) is 2.04. The number of carbonyl (C=O) groups excluding carboxylic acids is 2. The number of ether oxygens (including phenoxy) is 2. The van der Waals surface area contributed by atoms with Crippen LogP contribution < -0.4 is 10.1 Å². The highest BCUT2D eigenvalue weighted by molar-refractivity contribution is 6.35. The van der Waals surface area contributed by atoms with E-state index in [4.69, 9.17) is 27.9 Å². The Morgan fingerprint density at radius 3 is 2.60 bits per heavy atom. The summed E-state index contributed by atoms with van der Waals surface area (Å²) in [6.07, 6.45) is -0.872. The molecule has 1 aromatic heterocycles. The molecule has 1 amide bonds. The Morgan fingerprint density at radius 1 is 1.32 bits per heavy atom. The molecule has 0 saturated heterocycles. The number of aromatic nitrogens is 2. The third-order valence-corrected chi connectivity index (χ3v) is 4.06. The standard InChI is InChI=1S/C16H17Cl2N3O4/c1-8-13(14(16(23)24-4)20-21(8)3)19-15(22)9(2)25-12-6-5-10(17)7-11(12)18/h5-7,9H,1-4H3,(H,19,22). The molecule has 7 nitrogen and oxygen atoms in total. The zero-order valence-corrected chi connectivity index (χ0v) is 15.6. The van der Waals surface area contributed by atoms with Crippen molar-refractivity contribution in [2.24, 2.45) is 7.05 Å². The Morgan fingerprint density at radius 2 is 2.00 bits per heavy atom. The van der Waals surface area contributed by atoms with Crippen LogP contribution in [-0.2, 0) is 16.6 Å². The molecule has 0 aliphatic rings. The summed E-state index contributed by atoms with van der Waals surface area (Å²) in [4.78, 5) is 24.2. The van der Waals surface area contributed by atoms with Crippen molar-refractivity contribution in [1.82, 2.24) is 9.78 Å². The van der Waals surface area contributed by atoms with Gasteiger partial charge in [0.25, 0.3) is 5.91 Å². The summed E-state index contributed by atoms with van der Waals surface area (Å²) in [5, 5.41) is 7.45. The molecule has 1 N–H and O–H groups in total. The lowest BCUT2D eigenvalue weighted by Crippen LogP contribution is -2.31. The van der Waals surface area contributed by atoms with Gasteiger partial charge in [0.2, 0.25) is 0 Å². The highest BCUT2D eigenvalue weighted by Gasteiger charge is 2.24. The van der Waals surface area contributed by atoms with E-state index in [0.717, 1.165) is 0 Å². The molecule has 1 atom stereocenters. The van der Waals surface area contributed by atoms with Crippen molar-refractivity contribution in [2.45, 2.75) is 20.0 Å². The van der Waals surface area contributed by atoms with Crippen LogP contribution in [0.3, 0.4) is 0 Å². The number of aryl methyl sites for hydroxylation is 1. The molecular weight excluding hydrogens is 369 g/mol. The number of hydrogen-bond acceptors (Lipinski definition) is 5. The molecule has 0 aliphatic heterocycles. The van der Waals surface area contributed by atoms with Crippen LogP contribution in [0.25, 0.3) is 0 Å². The van der Waals surface area contributed by atoms with E-state index in [9.17, 15) is 9.59 Å². The molecule has 0 fully saturated rings. The van der Waals surface area contributed by atoms with Gasteiger partial charge in [-0.15, -0.1) is 0 Å². The zero-order valence-electron chi connectivity index (χ0n) is 14.1. The number of amides is 1. The van der Waals surface area contributed by atoms with Gasteiger partial charge < -0.3 is 14.8 Å². The van der Waals surface area contributed by atoms with Crippen molar-refractivity contribution in [1.29, 1.82) is 0 Å². The Kier molecular flexibility index (Phi) is 5.92. The lowest BCUT2D eigenvalue weighted by molar-refractivity contribution is -0.122. The number of nitrogens with zero attached hydrogens (tertiary/aromatic N) is 2. The van der Waals surface area contributed by atoms with E-state index >= 15 is 0 Å². The van der Waals surface area contributed by atoms with Gasteiger partial charge in [-0.3, -0.25) is 9.48 Å². The number of halogens is 2. The largest absolute Gasteiger partial charge is 0.479 e. The summed E-state index contributed by atoms with van der Waals surface area (Å²) < 4.78 is 11.7. The Labute approximate surface area is 154 Å². The second kappa shape index (κ2) is 7.76. The van der Waals surface area contributed by atoms with Crippen LogP contribution in [0.1, 0.15) is 23.1 Å². The SMILES string of the molecule is COC(=O)c1nn(C)c(C)c1NC(=O)C(C)Oc1ccc(Cl)cc1Cl. The third kappa shape index (κ3) is 4.24. The lowest BCUT2D eigenvalue weighted by atomic mass is 10.2. The van der Waals surface area contributed by atoms with Crippen LogP contribution in [0, 0.1) is 6.92 Å². The van der Waals surface area contributed by atoms with Crippen molar-refractivity contribution in [3.05, 3.63) is 39.6 Å². The second-order valence-corrected chi connectivity index (χ2v) is 6.09. The van der Waals surface area contributed by atoms with Crippen molar-refractivity contribution >= 4 is 40.8 Å². The molecule has 134 valence electrons. The molecule has 2 rings (SSSR count). The van der Waals surface area contributed by atoms with Crippen LogP contribution in [0.5, 0.6) is 5.75 Å². The number of esters is 1. The first-order chi connectivity index (χ1) is 11.7. The van der Waals surface area contributed by atoms with E-state index in [1.165, 1.54) is 17.9 Å². The van der Waals surface area contributed by atoms with Crippen molar-refractivity contribution in [3.63, 3.8) is 0 Å². The summed E-state index contributed by atoms with van der Waals surface area (Å²) in [5.74, 6) is -0.787. The molecule has 1 heterocycles. The first-order valence-corrected chi connectivity index (χ1v) is 8.04. The number of carbonyl (C=O) groups is 2. The summed E-state index contributed by atoms with van der Waals surface area (Å²) in [6.45, 7) is 3.28. The van der Waals surface area contributed by atoms with Crippen LogP contribution in [0.2, 0.25) is 10.0 Å². The van der Waals surface area contributed by atoms with Crippen molar-refractivity contribution in [2.75, 3.05) is 12.4 Å². The lowest BCUT2D eigenvalue weighted by Gasteiger charge is -2.16. The molecule has 1 unspecified atom stereocenters. The molecule has 0 aliphatic carbocycles. The van der Waals surface area contributed by atoms with Gasteiger partial charge in [-0.25, -0.2) is 4.79 Å². The maximum Gasteiger partial charge on any atom is 0.360 e. The van der Waals surface area contributed by atoms with Crippen LogP contribution >= 0.6 is 23.2 Å². The fourth-order valence-corrected chi connectivity index (χ4v) is 2.49. The quantitative estimate of drug-likeness (QED) is 0.798. The van der Waals surface area contributed by atoms with Gasteiger partial charge in [0.05, 0.1) is 23.5 Å². The van der Waals surface area contributed by atoms with Crippen molar-refractivity contribution < 1.29 is 19.1 Å². The predicted octanol–water partition coefficient (Wildman–Crippen LogP) is 3.23. The highest BCUT2D eigenvalue weighted by Crippen LogP contribution is 2.28. The number of rotatable bonds is 5. The average Bonchev–Trinajstić information content (AvgIpc) is 2.84. The molecular formula is C16H17Cl2N3O4. The van der Waals surface area contributed by atoms with E-state index in [2.05, 4.69) is 15.2 Å². The molecule has 0 saturated carbocycles. The molecule has 0 spiro atoms. The first kappa shape index (κ1) is 19.1. The topological polar surface area (TPSA) is 82.5 Å². The number of benzene rings is 1. The smallest absolute Gasteiger partial charge is 0.360 e. The van der Waals surface area contributed by atoms with Crippen LogP contribution in [-0.4, -0.2) is 34.9 Å². The molecule has 1 aromatic carbocycles. The van der Waals surface area contributed by atoms with E-state index < -0.39 is 18.0 Å². The van der Waals surface area contributed by atoms with Gasteiger partial charge >= 0.3 is 5.97 Å². The normalized spacial score (nSPS) is 11.8. The maximum atomic E-state index is 12.4. The maximum absolute atomic E-state index is 12.4. The van der Waals surface area contributed by atoms with Gasteiger partial charge in [-0.1, -0.05) is 23.2 Å². The Hall–Kier alpha value is -2.25. The molecule has 25 heavy (non-hydrogen) atoms. The van der Waals surface area contributed by atoms with E-state index in [0.29, 0.717) is 21.5 Å². The summed E-state index contributed by atoms with van der Waals surface area (Å²) in [6, 6.07) is 4.70. The van der Waals surface area contributed by atoms with Crippen LogP contribution in [0.4, 0.5) is 5.69 Å². The minimum atomic E-state index is -0.872. The summed E-state index contributed by atoms with van der Waals surface area (Å²) in [5.41, 5.74) is 0.898. The monoisotopic (exact) mass is 385 g/mol.